The monoisotopic (exact) mass is 336 g/mol. The molecule has 0 spiro atoms. The van der Waals surface area contributed by atoms with Gasteiger partial charge in [0.15, 0.2) is 0 Å². The number of amides is 1. The number of carbonyl (C=O) groups is 1. The summed E-state index contributed by atoms with van der Waals surface area (Å²) in [6.07, 6.45) is 3.28. The van der Waals surface area contributed by atoms with Crippen LogP contribution < -0.4 is 5.32 Å². The van der Waals surface area contributed by atoms with Crippen molar-refractivity contribution in [3.8, 4) is 6.07 Å². The van der Waals surface area contributed by atoms with E-state index in [0.29, 0.717) is 20.9 Å². The molecule has 2 aromatic rings. The molecule has 1 N–H and O–H groups in total. The molecule has 1 aromatic carbocycles. The van der Waals surface area contributed by atoms with E-state index in [2.05, 4.69) is 14.7 Å². The molecule has 0 saturated heterocycles. The SMILES string of the molecule is CSc1nsc(NC(=O)/C(C#N)=C\c2ccccc2Cl)n1. The van der Waals surface area contributed by atoms with Crippen molar-refractivity contribution in [3.63, 3.8) is 0 Å². The largest absolute Gasteiger partial charge is 0.296 e. The Balaban J connectivity index is 2.19. The molecule has 0 fully saturated rings. The van der Waals surface area contributed by atoms with E-state index in [1.807, 2.05) is 12.3 Å². The van der Waals surface area contributed by atoms with Crippen molar-refractivity contribution >= 4 is 52.0 Å². The molecule has 0 bridgehead atoms. The van der Waals surface area contributed by atoms with Crippen molar-refractivity contribution in [2.45, 2.75) is 5.16 Å². The van der Waals surface area contributed by atoms with Crippen LogP contribution in [0.1, 0.15) is 5.56 Å². The van der Waals surface area contributed by atoms with Gasteiger partial charge >= 0.3 is 0 Å². The second-order valence-corrected chi connectivity index (χ2v) is 5.66. The van der Waals surface area contributed by atoms with Crippen molar-refractivity contribution in [2.75, 3.05) is 11.6 Å². The molecule has 106 valence electrons. The predicted octanol–water partition coefficient (Wildman–Crippen LogP) is 3.46. The van der Waals surface area contributed by atoms with Gasteiger partial charge in [-0.25, -0.2) is 0 Å². The first-order valence-corrected chi connectivity index (χ1v) is 8.07. The summed E-state index contributed by atoms with van der Waals surface area (Å²) in [6, 6.07) is 8.83. The smallest absolute Gasteiger partial charge is 0.268 e. The lowest BCUT2D eigenvalue weighted by atomic mass is 10.1. The molecule has 1 amide bonds. The van der Waals surface area contributed by atoms with Crippen LogP contribution in [0.4, 0.5) is 5.13 Å². The lowest BCUT2D eigenvalue weighted by Gasteiger charge is -2.01. The maximum absolute atomic E-state index is 12.0. The number of nitrogens with zero attached hydrogens (tertiary/aromatic N) is 3. The molecule has 1 aromatic heterocycles. The predicted molar refractivity (Wildman–Crippen MR) is 85.4 cm³/mol. The Kier molecular flexibility index (Phi) is 5.33. The molecule has 0 radical (unpaired) electrons. The molecular formula is C13H9ClN4OS2. The summed E-state index contributed by atoms with van der Waals surface area (Å²) < 4.78 is 4.03. The Morgan fingerprint density at radius 1 is 1.52 bits per heavy atom. The standard InChI is InChI=1S/C13H9ClN4OS2/c1-20-13-17-12(21-18-13)16-11(19)9(7-15)6-8-4-2-3-5-10(8)14/h2-6H,1H3,(H,16,17,18,19)/b9-6-. The number of thioether (sulfide) groups is 1. The maximum atomic E-state index is 12.0. The second kappa shape index (κ2) is 7.22. The van der Waals surface area contributed by atoms with Gasteiger partial charge in [-0.2, -0.15) is 14.6 Å². The molecule has 0 atom stereocenters. The summed E-state index contributed by atoms with van der Waals surface area (Å²) >= 11 is 8.44. The summed E-state index contributed by atoms with van der Waals surface area (Å²) in [5, 5.41) is 13.1. The molecule has 0 saturated carbocycles. The number of rotatable bonds is 4. The number of aromatic nitrogens is 2. The maximum Gasteiger partial charge on any atom is 0.268 e. The molecule has 0 aliphatic carbocycles. The highest BCUT2D eigenvalue weighted by molar-refractivity contribution is 7.98. The van der Waals surface area contributed by atoms with Crippen LogP contribution in [0.25, 0.3) is 6.08 Å². The Hall–Kier alpha value is -1.88. The number of carbonyl (C=O) groups excluding carboxylic acids is 1. The molecular weight excluding hydrogens is 328 g/mol. The number of nitriles is 1. The zero-order chi connectivity index (χ0) is 15.2. The molecule has 0 aliphatic heterocycles. The highest BCUT2D eigenvalue weighted by atomic mass is 35.5. The van der Waals surface area contributed by atoms with Gasteiger partial charge in [-0.1, -0.05) is 41.6 Å². The van der Waals surface area contributed by atoms with Gasteiger partial charge in [-0.3, -0.25) is 10.1 Å². The minimum atomic E-state index is -0.541. The number of hydrogen-bond donors (Lipinski definition) is 1. The first-order valence-electron chi connectivity index (χ1n) is 5.69. The number of hydrogen-bond acceptors (Lipinski definition) is 6. The van der Waals surface area contributed by atoms with Gasteiger partial charge in [0, 0.05) is 16.6 Å². The average molecular weight is 337 g/mol. The summed E-state index contributed by atoms with van der Waals surface area (Å²) in [4.78, 5) is 16.1. The normalized spacial score (nSPS) is 11.0. The van der Waals surface area contributed by atoms with E-state index < -0.39 is 5.91 Å². The number of halogens is 1. The van der Waals surface area contributed by atoms with Crippen LogP contribution in [0, 0.1) is 11.3 Å². The van der Waals surface area contributed by atoms with Crippen LogP contribution in [-0.2, 0) is 4.79 Å². The van der Waals surface area contributed by atoms with Crippen LogP contribution in [0.5, 0.6) is 0 Å². The lowest BCUT2D eigenvalue weighted by Crippen LogP contribution is -2.13. The molecule has 8 heteroatoms. The van der Waals surface area contributed by atoms with Gasteiger partial charge in [-0.15, -0.1) is 0 Å². The third-order valence-corrected chi connectivity index (χ3v) is 4.02. The quantitative estimate of drug-likeness (QED) is 0.525. The molecule has 2 rings (SSSR count). The van der Waals surface area contributed by atoms with Gasteiger partial charge < -0.3 is 0 Å². The van der Waals surface area contributed by atoms with E-state index in [4.69, 9.17) is 16.9 Å². The molecule has 1 heterocycles. The van der Waals surface area contributed by atoms with Crippen LogP contribution in [-0.4, -0.2) is 21.5 Å². The molecule has 0 unspecified atom stereocenters. The third kappa shape index (κ3) is 4.04. The van der Waals surface area contributed by atoms with Gasteiger partial charge in [0.1, 0.15) is 11.6 Å². The van der Waals surface area contributed by atoms with Crippen molar-refractivity contribution in [2.24, 2.45) is 0 Å². The van der Waals surface area contributed by atoms with Crippen LogP contribution in [0.2, 0.25) is 5.02 Å². The summed E-state index contributed by atoms with van der Waals surface area (Å²) in [6.45, 7) is 0. The minimum Gasteiger partial charge on any atom is -0.296 e. The van der Waals surface area contributed by atoms with Gasteiger partial charge in [-0.05, 0) is 24.0 Å². The van der Waals surface area contributed by atoms with Crippen molar-refractivity contribution < 1.29 is 4.79 Å². The first kappa shape index (κ1) is 15.5. The van der Waals surface area contributed by atoms with E-state index in [1.54, 1.807) is 24.3 Å². The molecule has 5 nitrogen and oxygen atoms in total. The van der Waals surface area contributed by atoms with Gasteiger partial charge in [0.05, 0.1) is 0 Å². The van der Waals surface area contributed by atoms with E-state index in [1.165, 1.54) is 17.8 Å². The van der Waals surface area contributed by atoms with Crippen LogP contribution in [0.3, 0.4) is 0 Å². The fraction of sp³-hybridized carbons (Fsp3) is 0.0769. The van der Waals surface area contributed by atoms with Gasteiger partial charge in [0.25, 0.3) is 5.91 Å². The van der Waals surface area contributed by atoms with Crippen molar-refractivity contribution in [1.29, 1.82) is 5.26 Å². The van der Waals surface area contributed by atoms with E-state index in [9.17, 15) is 4.79 Å². The number of anilines is 1. The van der Waals surface area contributed by atoms with E-state index in [-0.39, 0.29) is 5.57 Å². The molecule has 0 aliphatic rings. The fourth-order valence-corrected chi connectivity index (χ4v) is 2.72. The summed E-state index contributed by atoms with van der Waals surface area (Å²) in [5.41, 5.74) is 0.553. The van der Waals surface area contributed by atoms with Crippen molar-refractivity contribution in [1.82, 2.24) is 9.36 Å². The second-order valence-electron chi connectivity index (χ2n) is 3.73. The fourth-order valence-electron chi connectivity index (χ4n) is 1.40. The van der Waals surface area contributed by atoms with Crippen LogP contribution >= 0.6 is 34.9 Å². The number of benzene rings is 1. The summed E-state index contributed by atoms with van der Waals surface area (Å²) in [7, 11) is 0. The topological polar surface area (TPSA) is 78.7 Å². The Labute approximate surface area is 134 Å². The number of nitrogens with one attached hydrogen (secondary N) is 1. The summed E-state index contributed by atoms with van der Waals surface area (Å²) in [5.74, 6) is -0.541. The lowest BCUT2D eigenvalue weighted by molar-refractivity contribution is -0.112. The van der Waals surface area contributed by atoms with E-state index in [0.717, 1.165) is 11.5 Å². The Morgan fingerprint density at radius 3 is 2.90 bits per heavy atom. The zero-order valence-electron chi connectivity index (χ0n) is 10.8. The zero-order valence-corrected chi connectivity index (χ0v) is 13.2. The first-order chi connectivity index (χ1) is 10.1. The van der Waals surface area contributed by atoms with E-state index >= 15 is 0 Å². The van der Waals surface area contributed by atoms with Gasteiger partial charge in [0.2, 0.25) is 10.3 Å². The van der Waals surface area contributed by atoms with Crippen molar-refractivity contribution in [3.05, 3.63) is 40.4 Å². The Bertz CT molecular complexity index is 736. The minimum absolute atomic E-state index is 0.0519. The Morgan fingerprint density at radius 2 is 2.29 bits per heavy atom. The average Bonchev–Trinajstić information content (AvgIpc) is 2.94. The third-order valence-electron chi connectivity index (χ3n) is 2.38. The molecule has 21 heavy (non-hydrogen) atoms. The van der Waals surface area contributed by atoms with Crippen LogP contribution in [0.15, 0.2) is 35.0 Å². The highest BCUT2D eigenvalue weighted by Crippen LogP contribution is 2.20. The highest BCUT2D eigenvalue weighted by Gasteiger charge is 2.13.